The van der Waals surface area contributed by atoms with Crippen LogP contribution in [-0.2, 0) is 14.3 Å². The van der Waals surface area contributed by atoms with Crippen molar-refractivity contribution in [2.24, 2.45) is 0 Å². The Balaban J connectivity index is 0.000000420. The van der Waals surface area contributed by atoms with Gasteiger partial charge in [-0.3, -0.25) is 9.59 Å². The molecule has 1 aromatic heterocycles. The number of hydrogen-bond donors (Lipinski definition) is 9. The van der Waals surface area contributed by atoms with Crippen LogP contribution in [0.1, 0.15) is 10.4 Å². The van der Waals surface area contributed by atoms with Gasteiger partial charge in [0, 0.05) is 22.8 Å². The topological polar surface area (TPSA) is 231 Å². The number of anilines is 2. The minimum atomic E-state index is -1.55. The number of carboxylic acid groups (broad SMARTS) is 1. The molecule has 0 saturated carbocycles. The standard InChI is InChI=1S/C21H17ClN2O6.C7H17NO5/c22-15-4-5-18(17(9-15)21(27)28)24-20(26)12-30-11-19(25)23-16-3-1-2-13(8-16)14-6-7-29-10-14;1-8-2-4(10)6(12)7(13)5(11)3-9/h1-10H,11-12H2,(H,23,25)(H,24,26)(H,27,28);4-13H,2-3H2,1H3/t;4-,5+,6+,7+/m.0/s1. The van der Waals surface area contributed by atoms with Crippen LogP contribution < -0.4 is 16.0 Å². The van der Waals surface area contributed by atoms with Crippen LogP contribution in [0.2, 0.25) is 5.02 Å². The molecule has 1 heterocycles. The van der Waals surface area contributed by atoms with Crippen LogP contribution in [0.5, 0.6) is 0 Å². The molecule has 2 amide bonds. The Kier molecular flexibility index (Phi) is 14.7. The molecule has 4 atom stereocenters. The Morgan fingerprint density at radius 2 is 1.58 bits per heavy atom. The number of aromatic carboxylic acids is 1. The molecule has 0 aliphatic rings. The second-order valence-corrected chi connectivity index (χ2v) is 9.47. The average molecular weight is 624 g/mol. The van der Waals surface area contributed by atoms with E-state index in [1.54, 1.807) is 43.8 Å². The van der Waals surface area contributed by atoms with Gasteiger partial charge in [-0.15, -0.1) is 0 Å². The van der Waals surface area contributed by atoms with Crippen molar-refractivity contribution in [1.82, 2.24) is 5.32 Å². The Hall–Kier alpha value is -3.86. The number of aliphatic hydroxyl groups is 5. The number of amides is 2. The van der Waals surface area contributed by atoms with Gasteiger partial charge in [0.15, 0.2) is 0 Å². The summed E-state index contributed by atoms with van der Waals surface area (Å²) in [6.07, 6.45) is -2.49. The second kappa shape index (κ2) is 17.9. The molecule has 3 rings (SSSR count). The van der Waals surface area contributed by atoms with Crippen molar-refractivity contribution >= 4 is 40.8 Å². The molecule has 234 valence electrons. The lowest BCUT2D eigenvalue weighted by molar-refractivity contribution is -0.125. The van der Waals surface area contributed by atoms with E-state index < -0.39 is 55.4 Å². The molecule has 15 heteroatoms. The fourth-order valence-corrected chi connectivity index (χ4v) is 3.69. The first-order valence-electron chi connectivity index (χ1n) is 12.8. The third-order valence-corrected chi connectivity index (χ3v) is 5.93. The summed E-state index contributed by atoms with van der Waals surface area (Å²) in [5.41, 5.74) is 2.26. The maximum absolute atomic E-state index is 12.1. The molecule has 2 aromatic carbocycles. The first-order chi connectivity index (χ1) is 20.5. The first-order valence-corrected chi connectivity index (χ1v) is 13.1. The van der Waals surface area contributed by atoms with Crippen LogP contribution in [0, 0.1) is 0 Å². The zero-order chi connectivity index (χ0) is 31.9. The van der Waals surface area contributed by atoms with Gasteiger partial charge in [-0.1, -0.05) is 23.7 Å². The van der Waals surface area contributed by atoms with Gasteiger partial charge in [0.2, 0.25) is 11.8 Å². The number of likely N-dealkylation sites (N-methyl/N-ethyl adjacent to an activating group) is 1. The Bertz CT molecular complexity index is 1320. The van der Waals surface area contributed by atoms with Crippen LogP contribution in [0.25, 0.3) is 11.1 Å². The zero-order valence-corrected chi connectivity index (χ0v) is 23.8. The van der Waals surface area contributed by atoms with Gasteiger partial charge in [-0.2, -0.15) is 0 Å². The number of rotatable bonds is 14. The summed E-state index contributed by atoms with van der Waals surface area (Å²) in [6, 6.07) is 13.0. The van der Waals surface area contributed by atoms with Gasteiger partial charge in [-0.25, -0.2) is 4.79 Å². The third kappa shape index (κ3) is 11.7. The minimum Gasteiger partial charge on any atom is -0.478 e. The predicted molar refractivity (Wildman–Crippen MR) is 156 cm³/mol. The lowest BCUT2D eigenvalue weighted by Crippen LogP contribution is -2.48. The maximum Gasteiger partial charge on any atom is 0.337 e. The van der Waals surface area contributed by atoms with Gasteiger partial charge in [0.1, 0.15) is 31.5 Å². The molecule has 9 N–H and O–H groups in total. The lowest BCUT2D eigenvalue weighted by Gasteiger charge is -2.25. The zero-order valence-electron chi connectivity index (χ0n) is 23.0. The van der Waals surface area contributed by atoms with Crippen molar-refractivity contribution in [3.05, 3.63) is 71.6 Å². The summed E-state index contributed by atoms with van der Waals surface area (Å²) in [5, 5.41) is 62.0. The quantitative estimate of drug-likeness (QED) is 0.120. The fraction of sp³-hybridized carbons (Fsp3) is 0.321. The van der Waals surface area contributed by atoms with Crippen molar-refractivity contribution in [2.75, 3.05) is 44.0 Å². The van der Waals surface area contributed by atoms with Crippen molar-refractivity contribution in [3.63, 3.8) is 0 Å². The fourth-order valence-electron chi connectivity index (χ4n) is 3.52. The number of carbonyl (C=O) groups excluding carboxylic acids is 2. The Labute approximate surface area is 251 Å². The Morgan fingerprint density at radius 3 is 2.19 bits per heavy atom. The molecule has 0 spiro atoms. The number of hydrogen-bond acceptors (Lipinski definition) is 11. The largest absolute Gasteiger partial charge is 0.478 e. The lowest BCUT2D eigenvalue weighted by atomic mass is 10.0. The molecular formula is C28H34ClN3O11. The van der Waals surface area contributed by atoms with Gasteiger partial charge >= 0.3 is 5.97 Å². The molecule has 0 fully saturated rings. The van der Waals surface area contributed by atoms with Gasteiger partial charge in [0.25, 0.3) is 0 Å². The van der Waals surface area contributed by atoms with Gasteiger partial charge in [-0.05, 0) is 49.0 Å². The predicted octanol–water partition coefficient (Wildman–Crippen LogP) is 0.534. The van der Waals surface area contributed by atoms with E-state index in [4.69, 9.17) is 41.2 Å². The molecule has 0 unspecified atom stereocenters. The highest BCUT2D eigenvalue weighted by atomic mass is 35.5. The number of carbonyl (C=O) groups is 3. The molecule has 3 aromatic rings. The van der Waals surface area contributed by atoms with Crippen LogP contribution in [0.4, 0.5) is 11.4 Å². The molecule has 0 bridgehead atoms. The van der Waals surface area contributed by atoms with Crippen LogP contribution >= 0.6 is 11.6 Å². The Morgan fingerprint density at radius 1 is 0.907 bits per heavy atom. The van der Waals surface area contributed by atoms with Crippen molar-refractivity contribution in [1.29, 1.82) is 0 Å². The summed E-state index contributed by atoms with van der Waals surface area (Å²) < 4.78 is 10.2. The molecule has 0 aliphatic heterocycles. The van der Waals surface area contributed by atoms with Crippen molar-refractivity contribution in [3.8, 4) is 11.1 Å². The van der Waals surface area contributed by atoms with E-state index in [0.717, 1.165) is 11.1 Å². The summed E-state index contributed by atoms with van der Waals surface area (Å²) in [6.45, 7) is -1.35. The number of aliphatic hydroxyl groups excluding tert-OH is 5. The maximum atomic E-state index is 12.1. The number of furan rings is 1. The van der Waals surface area contributed by atoms with E-state index in [1.165, 1.54) is 18.2 Å². The second-order valence-electron chi connectivity index (χ2n) is 9.03. The van der Waals surface area contributed by atoms with Gasteiger partial charge < -0.3 is 55.7 Å². The molecule has 0 aliphatic carbocycles. The summed E-state index contributed by atoms with van der Waals surface area (Å²) in [5.74, 6) is -2.27. The molecule has 0 saturated heterocycles. The summed E-state index contributed by atoms with van der Waals surface area (Å²) in [7, 11) is 1.57. The molecule has 14 nitrogen and oxygen atoms in total. The third-order valence-electron chi connectivity index (χ3n) is 5.69. The molecule has 43 heavy (non-hydrogen) atoms. The molecule has 0 radical (unpaired) electrons. The van der Waals surface area contributed by atoms with E-state index in [9.17, 15) is 24.6 Å². The van der Waals surface area contributed by atoms with E-state index in [1.807, 2.05) is 6.07 Å². The van der Waals surface area contributed by atoms with Crippen LogP contribution in [0.3, 0.4) is 0 Å². The van der Waals surface area contributed by atoms with Crippen LogP contribution in [0.15, 0.2) is 65.5 Å². The van der Waals surface area contributed by atoms with E-state index in [0.29, 0.717) is 5.69 Å². The number of nitrogens with one attached hydrogen (secondary N) is 3. The number of ether oxygens (including phenoxy) is 1. The first kappa shape index (κ1) is 35.3. The van der Waals surface area contributed by atoms with E-state index in [-0.39, 0.29) is 29.4 Å². The SMILES string of the molecule is CNC[C@H](O)[C@@H](O)[C@H](O)[C@H](O)CO.O=C(COCC(=O)Nc1ccc(Cl)cc1C(=O)O)Nc1cccc(-c2ccoc2)c1. The van der Waals surface area contributed by atoms with Crippen LogP contribution in [-0.4, -0.2) is 106 Å². The number of halogens is 1. The highest BCUT2D eigenvalue weighted by Crippen LogP contribution is 2.23. The van der Waals surface area contributed by atoms with E-state index in [2.05, 4.69) is 16.0 Å². The van der Waals surface area contributed by atoms with Crippen molar-refractivity contribution in [2.45, 2.75) is 24.4 Å². The van der Waals surface area contributed by atoms with Crippen molar-refractivity contribution < 1.29 is 54.2 Å². The number of benzene rings is 2. The van der Waals surface area contributed by atoms with Gasteiger partial charge in [0.05, 0.1) is 36.5 Å². The van der Waals surface area contributed by atoms with E-state index >= 15 is 0 Å². The normalized spacial score (nSPS) is 13.6. The monoisotopic (exact) mass is 623 g/mol. The molecular weight excluding hydrogens is 590 g/mol. The number of carboxylic acids is 1. The summed E-state index contributed by atoms with van der Waals surface area (Å²) >= 11 is 5.77. The summed E-state index contributed by atoms with van der Waals surface area (Å²) in [4.78, 5) is 35.3. The minimum absolute atomic E-state index is 0.0843. The smallest absolute Gasteiger partial charge is 0.337 e. The average Bonchev–Trinajstić information content (AvgIpc) is 3.53. The highest BCUT2D eigenvalue weighted by Gasteiger charge is 2.29. The highest BCUT2D eigenvalue weighted by molar-refractivity contribution is 6.31.